The van der Waals surface area contributed by atoms with Crippen LogP contribution in [0, 0.1) is 6.92 Å². The number of hydrogen-bond acceptors (Lipinski definition) is 5. The molecule has 2 aromatic heterocycles. The van der Waals surface area contributed by atoms with Crippen LogP contribution in [0.25, 0.3) is 10.2 Å². The van der Waals surface area contributed by atoms with Gasteiger partial charge in [-0.25, -0.2) is 4.98 Å². The lowest BCUT2D eigenvalue weighted by Crippen LogP contribution is -2.40. The van der Waals surface area contributed by atoms with Gasteiger partial charge in [0, 0.05) is 17.5 Å². The number of thiophene rings is 1. The second kappa shape index (κ2) is 6.58. The largest absolute Gasteiger partial charge is 0.352 e. The summed E-state index contributed by atoms with van der Waals surface area (Å²) in [6, 6.07) is 2.16. The van der Waals surface area contributed by atoms with E-state index >= 15 is 0 Å². The number of anilines is 1. The average molecular weight is 327 g/mol. The number of carbonyl (C=O) groups is 1. The number of aromatic nitrogens is 2. The third-order valence-electron chi connectivity index (χ3n) is 2.93. The van der Waals surface area contributed by atoms with Crippen LogP contribution < -0.4 is 10.2 Å². The number of nitrogens with zero attached hydrogens (tertiary/aromatic N) is 3. The van der Waals surface area contributed by atoms with E-state index in [0.29, 0.717) is 6.54 Å². The van der Waals surface area contributed by atoms with E-state index in [-0.39, 0.29) is 23.8 Å². The number of nitrogens with one attached hydrogen (secondary N) is 1. The SMILES string of the molecule is CCN(CC(=O)NC(C)C)c1nc(Cl)nc2sc(C)cc12. The Hall–Kier alpha value is -1.40. The standard InChI is InChI=1S/C14H19ClN4OS/c1-5-19(7-11(20)16-8(2)3)12-10-6-9(4)21-13(10)18-14(15)17-12/h6,8H,5,7H2,1-4H3,(H,16,20). The molecule has 0 atom stereocenters. The highest BCUT2D eigenvalue weighted by atomic mass is 35.5. The zero-order valence-corrected chi connectivity index (χ0v) is 14.2. The Kier molecular flexibility index (Phi) is 5.00. The quantitative estimate of drug-likeness (QED) is 0.858. The van der Waals surface area contributed by atoms with Gasteiger partial charge in [-0.05, 0) is 45.4 Å². The Bertz CT molecular complexity index is 656. The van der Waals surface area contributed by atoms with Crippen molar-refractivity contribution in [2.75, 3.05) is 18.0 Å². The number of likely N-dealkylation sites (N-methyl/N-ethyl adjacent to an activating group) is 1. The fourth-order valence-electron chi connectivity index (χ4n) is 2.12. The van der Waals surface area contributed by atoms with E-state index in [2.05, 4.69) is 15.3 Å². The molecule has 0 fully saturated rings. The zero-order chi connectivity index (χ0) is 15.6. The molecule has 0 aromatic carbocycles. The number of hydrogen-bond donors (Lipinski definition) is 1. The molecule has 114 valence electrons. The molecule has 0 aliphatic carbocycles. The fraction of sp³-hybridized carbons (Fsp3) is 0.500. The van der Waals surface area contributed by atoms with E-state index in [0.717, 1.165) is 20.9 Å². The third kappa shape index (κ3) is 3.83. The fourth-order valence-corrected chi connectivity index (χ4v) is 3.21. The maximum atomic E-state index is 12.0. The van der Waals surface area contributed by atoms with Gasteiger partial charge in [0.25, 0.3) is 0 Å². The molecule has 0 spiro atoms. The van der Waals surface area contributed by atoms with Crippen molar-refractivity contribution in [3.05, 3.63) is 16.2 Å². The number of halogens is 1. The molecule has 0 aliphatic rings. The second-order valence-electron chi connectivity index (χ2n) is 5.13. The topological polar surface area (TPSA) is 58.1 Å². The highest BCUT2D eigenvalue weighted by Gasteiger charge is 2.17. The van der Waals surface area contributed by atoms with Gasteiger partial charge in [0.1, 0.15) is 10.6 Å². The van der Waals surface area contributed by atoms with Gasteiger partial charge in [0.15, 0.2) is 0 Å². The average Bonchev–Trinajstić information content (AvgIpc) is 2.74. The number of aryl methyl sites for hydroxylation is 1. The summed E-state index contributed by atoms with van der Waals surface area (Å²) in [5.74, 6) is 0.692. The number of carbonyl (C=O) groups excluding carboxylic acids is 1. The molecule has 0 saturated carbocycles. The van der Waals surface area contributed by atoms with Crippen LogP contribution in [-0.2, 0) is 4.79 Å². The highest BCUT2D eigenvalue weighted by molar-refractivity contribution is 7.18. The molecule has 0 bridgehead atoms. The van der Waals surface area contributed by atoms with E-state index in [4.69, 9.17) is 11.6 Å². The molecule has 2 heterocycles. The van der Waals surface area contributed by atoms with Gasteiger partial charge in [-0.2, -0.15) is 4.98 Å². The minimum atomic E-state index is -0.0262. The summed E-state index contributed by atoms with van der Waals surface area (Å²) in [5, 5.41) is 4.05. The van der Waals surface area contributed by atoms with Crippen LogP contribution in [0.5, 0.6) is 0 Å². The van der Waals surface area contributed by atoms with E-state index < -0.39 is 0 Å². The van der Waals surface area contributed by atoms with Crippen molar-refractivity contribution in [1.82, 2.24) is 15.3 Å². The first-order chi connectivity index (χ1) is 9.90. The lowest BCUT2D eigenvalue weighted by molar-refractivity contribution is -0.120. The summed E-state index contributed by atoms with van der Waals surface area (Å²) in [6.07, 6.45) is 0. The Morgan fingerprint density at radius 3 is 2.81 bits per heavy atom. The van der Waals surface area contributed by atoms with Gasteiger partial charge in [-0.3, -0.25) is 4.79 Å². The minimum absolute atomic E-state index is 0.0262. The van der Waals surface area contributed by atoms with Crippen molar-refractivity contribution in [3.63, 3.8) is 0 Å². The lowest BCUT2D eigenvalue weighted by Gasteiger charge is -2.22. The van der Waals surface area contributed by atoms with Crippen LogP contribution in [0.4, 0.5) is 5.82 Å². The molecule has 5 nitrogen and oxygen atoms in total. The number of rotatable bonds is 5. The molecule has 1 N–H and O–H groups in total. The maximum Gasteiger partial charge on any atom is 0.239 e. The van der Waals surface area contributed by atoms with Crippen molar-refractivity contribution in [1.29, 1.82) is 0 Å². The summed E-state index contributed by atoms with van der Waals surface area (Å²) in [7, 11) is 0. The van der Waals surface area contributed by atoms with Gasteiger partial charge in [-0.15, -0.1) is 11.3 Å². The smallest absolute Gasteiger partial charge is 0.239 e. The van der Waals surface area contributed by atoms with Gasteiger partial charge < -0.3 is 10.2 Å². The maximum absolute atomic E-state index is 12.0. The van der Waals surface area contributed by atoms with Crippen molar-refractivity contribution in [2.24, 2.45) is 0 Å². The van der Waals surface area contributed by atoms with Crippen LogP contribution in [-0.4, -0.2) is 35.0 Å². The Morgan fingerprint density at radius 2 is 2.19 bits per heavy atom. The van der Waals surface area contributed by atoms with E-state index in [1.54, 1.807) is 11.3 Å². The molecular weight excluding hydrogens is 308 g/mol. The van der Waals surface area contributed by atoms with Crippen molar-refractivity contribution in [3.8, 4) is 0 Å². The summed E-state index contributed by atoms with van der Waals surface area (Å²) < 4.78 is 0. The first-order valence-corrected chi connectivity index (χ1v) is 8.08. The van der Waals surface area contributed by atoms with Gasteiger partial charge in [-0.1, -0.05) is 0 Å². The molecule has 0 unspecified atom stereocenters. The van der Waals surface area contributed by atoms with Gasteiger partial charge >= 0.3 is 0 Å². The highest BCUT2D eigenvalue weighted by Crippen LogP contribution is 2.31. The molecule has 0 radical (unpaired) electrons. The first-order valence-electron chi connectivity index (χ1n) is 6.88. The Morgan fingerprint density at radius 1 is 1.48 bits per heavy atom. The molecule has 7 heteroatoms. The number of amides is 1. The first kappa shape index (κ1) is 16.0. The van der Waals surface area contributed by atoms with Crippen LogP contribution in [0.2, 0.25) is 5.28 Å². The normalized spacial score (nSPS) is 11.1. The van der Waals surface area contributed by atoms with Crippen LogP contribution in [0.3, 0.4) is 0 Å². The Balaban J connectivity index is 2.35. The summed E-state index contributed by atoms with van der Waals surface area (Å²) in [6.45, 7) is 8.82. The van der Waals surface area contributed by atoms with Gasteiger partial charge in [0.05, 0.1) is 11.9 Å². The van der Waals surface area contributed by atoms with Crippen molar-refractivity contribution >= 4 is 44.9 Å². The van der Waals surface area contributed by atoms with E-state index in [1.165, 1.54) is 0 Å². The van der Waals surface area contributed by atoms with E-state index in [1.807, 2.05) is 38.7 Å². The molecular formula is C14H19ClN4OS. The van der Waals surface area contributed by atoms with Gasteiger partial charge in [0.2, 0.25) is 11.2 Å². The molecule has 0 saturated heterocycles. The Labute approximate surface area is 133 Å². The molecule has 0 aliphatic heterocycles. The summed E-state index contributed by atoms with van der Waals surface area (Å²) in [4.78, 5) is 24.5. The predicted octanol–water partition coefficient (Wildman–Crippen LogP) is 3.00. The third-order valence-corrected chi connectivity index (χ3v) is 4.05. The van der Waals surface area contributed by atoms with Crippen LogP contribution in [0.15, 0.2) is 6.07 Å². The summed E-state index contributed by atoms with van der Waals surface area (Å²) >= 11 is 7.59. The second-order valence-corrected chi connectivity index (χ2v) is 6.70. The molecule has 1 amide bonds. The molecule has 2 rings (SSSR count). The lowest BCUT2D eigenvalue weighted by atomic mass is 10.3. The summed E-state index contributed by atoms with van der Waals surface area (Å²) in [5.41, 5.74) is 0. The van der Waals surface area contributed by atoms with Crippen molar-refractivity contribution in [2.45, 2.75) is 33.7 Å². The van der Waals surface area contributed by atoms with Crippen molar-refractivity contribution < 1.29 is 4.79 Å². The predicted molar refractivity (Wildman–Crippen MR) is 88.3 cm³/mol. The minimum Gasteiger partial charge on any atom is -0.352 e. The molecule has 2 aromatic rings. The zero-order valence-electron chi connectivity index (χ0n) is 12.6. The van der Waals surface area contributed by atoms with E-state index in [9.17, 15) is 4.79 Å². The molecule has 21 heavy (non-hydrogen) atoms. The number of fused-ring (bicyclic) bond motifs is 1. The monoisotopic (exact) mass is 326 g/mol. The van der Waals surface area contributed by atoms with Crippen LogP contribution >= 0.6 is 22.9 Å². The van der Waals surface area contributed by atoms with Crippen LogP contribution in [0.1, 0.15) is 25.6 Å².